The lowest BCUT2D eigenvalue weighted by molar-refractivity contribution is 0.171. The number of aliphatic hydroxyl groups excluding tert-OH is 1. The number of hydrogen-bond donors (Lipinski definition) is 1. The summed E-state index contributed by atoms with van der Waals surface area (Å²) in [6.45, 7) is 1.69. The molecule has 0 aliphatic heterocycles. The quantitative estimate of drug-likeness (QED) is 0.602. The molecule has 0 aromatic carbocycles. The topological polar surface area (TPSA) is 57.6 Å². The van der Waals surface area contributed by atoms with Crippen LogP contribution in [0.1, 0.15) is 6.92 Å². The average molecular weight is 167 g/mol. The first-order valence-corrected chi connectivity index (χ1v) is 4.78. The van der Waals surface area contributed by atoms with E-state index in [9.17, 15) is 8.42 Å². The summed E-state index contributed by atoms with van der Waals surface area (Å²) < 4.78 is 22.5. The lowest BCUT2D eigenvalue weighted by atomic mass is 10.4. The Labute approximate surface area is 61.5 Å². The van der Waals surface area contributed by atoms with Crippen LogP contribution in [0.3, 0.4) is 0 Å². The SMILES string of the molecule is C[C@H](O)CN(C)S(C)(=O)=O. The zero-order chi connectivity index (χ0) is 8.36. The van der Waals surface area contributed by atoms with E-state index in [1.54, 1.807) is 6.92 Å². The fraction of sp³-hybridized carbons (Fsp3) is 1.00. The summed E-state index contributed by atoms with van der Waals surface area (Å²) in [5.41, 5.74) is 0. The molecule has 10 heavy (non-hydrogen) atoms. The molecule has 62 valence electrons. The summed E-state index contributed by atoms with van der Waals surface area (Å²) in [6.07, 6.45) is 0.495. The van der Waals surface area contributed by atoms with Crippen molar-refractivity contribution in [1.82, 2.24) is 4.31 Å². The van der Waals surface area contributed by atoms with Gasteiger partial charge in [-0.2, -0.15) is 0 Å². The Hall–Kier alpha value is -0.130. The predicted molar refractivity (Wildman–Crippen MR) is 39.2 cm³/mol. The van der Waals surface area contributed by atoms with Crippen molar-refractivity contribution in [3.05, 3.63) is 0 Å². The molecule has 0 rings (SSSR count). The van der Waals surface area contributed by atoms with Crippen LogP contribution in [-0.4, -0.2) is 43.8 Å². The molecule has 1 N–H and O–H groups in total. The summed E-state index contributed by atoms with van der Waals surface area (Å²) >= 11 is 0. The third-order valence-electron chi connectivity index (χ3n) is 1.09. The molecule has 4 nitrogen and oxygen atoms in total. The Bertz CT molecular complexity index is 185. The summed E-state index contributed by atoms with van der Waals surface area (Å²) in [5, 5.41) is 8.78. The smallest absolute Gasteiger partial charge is 0.211 e. The Morgan fingerprint density at radius 1 is 1.60 bits per heavy atom. The normalized spacial score (nSPS) is 15.7. The Morgan fingerprint density at radius 3 is 2.10 bits per heavy atom. The molecular formula is C5H13NO3S. The van der Waals surface area contributed by atoms with E-state index in [-0.39, 0.29) is 6.54 Å². The Balaban J connectivity index is 3.99. The van der Waals surface area contributed by atoms with Crippen LogP contribution in [0.15, 0.2) is 0 Å². The zero-order valence-corrected chi connectivity index (χ0v) is 7.22. The zero-order valence-electron chi connectivity index (χ0n) is 6.40. The van der Waals surface area contributed by atoms with Gasteiger partial charge in [0, 0.05) is 13.6 Å². The monoisotopic (exact) mass is 167 g/mol. The van der Waals surface area contributed by atoms with E-state index in [4.69, 9.17) is 5.11 Å². The van der Waals surface area contributed by atoms with Gasteiger partial charge in [0.2, 0.25) is 10.0 Å². The Kier molecular flexibility index (Phi) is 3.27. The van der Waals surface area contributed by atoms with E-state index in [0.717, 1.165) is 10.6 Å². The first kappa shape index (κ1) is 9.87. The van der Waals surface area contributed by atoms with Crippen LogP contribution in [-0.2, 0) is 10.0 Å². The lowest BCUT2D eigenvalue weighted by Gasteiger charge is -2.14. The molecule has 0 amide bonds. The largest absolute Gasteiger partial charge is 0.392 e. The van der Waals surface area contributed by atoms with Crippen LogP contribution < -0.4 is 0 Å². The van der Waals surface area contributed by atoms with Crippen molar-refractivity contribution < 1.29 is 13.5 Å². The average Bonchev–Trinajstić information content (AvgIpc) is 1.60. The van der Waals surface area contributed by atoms with Gasteiger partial charge in [0.1, 0.15) is 0 Å². The third kappa shape index (κ3) is 3.81. The maximum absolute atomic E-state index is 10.7. The lowest BCUT2D eigenvalue weighted by Crippen LogP contribution is -2.32. The summed E-state index contributed by atoms with van der Waals surface area (Å²) in [4.78, 5) is 0. The minimum absolute atomic E-state index is 0.152. The molecule has 0 radical (unpaired) electrons. The van der Waals surface area contributed by atoms with Crippen LogP contribution in [0.2, 0.25) is 0 Å². The summed E-state index contributed by atoms with van der Waals surface area (Å²) in [7, 11) is -1.69. The van der Waals surface area contributed by atoms with Gasteiger partial charge in [0.25, 0.3) is 0 Å². The van der Waals surface area contributed by atoms with E-state index >= 15 is 0 Å². The fourth-order valence-corrected chi connectivity index (χ4v) is 0.994. The van der Waals surface area contributed by atoms with Crippen molar-refractivity contribution in [2.24, 2.45) is 0 Å². The third-order valence-corrected chi connectivity index (χ3v) is 2.37. The highest BCUT2D eigenvalue weighted by Gasteiger charge is 2.11. The van der Waals surface area contributed by atoms with Crippen LogP contribution >= 0.6 is 0 Å². The number of rotatable bonds is 3. The minimum atomic E-state index is -3.12. The van der Waals surface area contributed by atoms with Crippen molar-refractivity contribution in [3.63, 3.8) is 0 Å². The van der Waals surface area contributed by atoms with Crippen molar-refractivity contribution in [2.75, 3.05) is 19.8 Å². The summed E-state index contributed by atoms with van der Waals surface area (Å²) in [6, 6.07) is 0. The second-order valence-electron chi connectivity index (χ2n) is 2.39. The standard InChI is InChI=1S/C5H13NO3S/c1-5(7)4-6(2)10(3,8)9/h5,7H,4H2,1-3H3/t5-/m0/s1. The van der Waals surface area contributed by atoms with Crippen LogP contribution in [0.5, 0.6) is 0 Å². The van der Waals surface area contributed by atoms with E-state index in [1.807, 2.05) is 0 Å². The first-order valence-electron chi connectivity index (χ1n) is 2.93. The molecule has 0 aliphatic rings. The highest BCUT2D eigenvalue weighted by Crippen LogP contribution is 1.94. The van der Waals surface area contributed by atoms with Gasteiger partial charge < -0.3 is 5.11 Å². The molecule has 5 heteroatoms. The van der Waals surface area contributed by atoms with Crippen molar-refractivity contribution in [3.8, 4) is 0 Å². The van der Waals surface area contributed by atoms with E-state index in [2.05, 4.69) is 0 Å². The van der Waals surface area contributed by atoms with Crippen molar-refractivity contribution in [1.29, 1.82) is 0 Å². The molecule has 1 atom stereocenters. The van der Waals surface area contributed by atoms with Crippen molar-refractivity contribution >= 4 is 10.0 Å². The van der Waals surface area contributed by atoms with Gasteiger partial charge in [-0.3, -0.25) is 0 Å². The van der Waals surface area contributed by atoms with Gasteiger partial charge in [0.15, 0.2) is 0 Å². The van der Waals surface area contributed by atoms with Crippen LogP contribution in [0.4, 0.5) is 0 Å². The van der Waals surface area contributed by atoms with Gasteiger partial charge >= 0.3 is 0 Å². The van der Waals surface area contributed by atoms with Gasteiger partial charge in [-0.1, -0.05) is 0 Å². The highest BCUT2D eigenvalue weighted by molar-refractivity contribution is 7.88. The van der Waals surface area contributed by atoms with E-state index in [1.165, 1.54) is 7.05 Å². The van der Waals surface area contributed by atoms with E-state index in [0.29, 0.717) is 0 Å². The van der Waals surface area contributed by atoms with Crippen LogP contribution in [0, 0.1) is 0 Å². The Morgan fingerprint density at radius 2 is 2.00 bits per heavy atom. The molecule has 0 aromatic heterocycles. The molecule has 0 saturated heterocycles. The first-order chi connectivity index (χ1) is 4.34. The van der Waals surface area contributed by atoms with E-state index < -0.39 is 16.1 Å². The van der Waals surface area contributed by atoms with Gasteiger partial charge in [-0.15, -0.1) is 0 Å². The van der Waals surface area contributed by atoms with Gasteiger partial charge in [-0.25, -0.2) is 12.7 Å². The number of likely N-dealkylation sites (N-methyl/N-ethyl adjacent to an activating group) is 1. The molecule has 0 saturated carbocycles. The van der Waals surface area contributed by atoms with Crippen LogP contribution in [0.25, 0.3) is 0 Å². The number of hydrogen-bond acceptors (Lipinski definition) is 3. The predicted octanol–water partition coefficient (Wildman–Crippen LogP) is -0.741. The molecule has 0 bridgehead atoms. The minimum Gasteiger partial charge on any atom is -0.392 e. The molecule has 0 aliphatic carbocycles. The molecule has 0 heterocycles. The molecule has 0 unspecified atom stereocenters. The van der Waals surface area contributed by atoms with Gasteiger partial charge in [-0.05, 0) is 6.92 Å². The number of sulfonamides is 1. The molecular weight excluding hydrogens is 154 g/mol. The molecule has 0 spiro atoms. The summed E-state index contributed by atoms with van der Waals surface area (Å²) in [5.74, 6) is 0. The maximum atomic E-state index is 10.7. The van der Waals surface area contributed by atoms with Gasteiger partial charge in [0.05, 0.1) is 12.4 Å². The number of aliphatic hydroxyl groups is 1. The molecule has 0 fully saturated rings. The number of nitrogens with zero attached hydrogens (tertiary/aromatic N) is 1. The second-order valence-corrected chi connectivity index (χ2v) is 4.48. The fourth-order valence-electron chi connectivity index (χ4n) is 0.507. The second kappa shape index (κ2) is 3.32. The highest BCUT2D eigenvalue weighted by atomic mass is 32.2. The molecule has 0 aromatic rings. The maximum Gasteiger partial charge on any atom is 0.211 e. The van der Waals surface area contributed by atoms with Crippen molar-refractivity contribution in [2.45, 2.75) is 13.0 Å².